The number of nitrogens with zero attached hydrogens (tertiary/aromatic N) is 2. The van der Waals surface area contributed by atoms with Crippen LogP contribution in [0.1, 0.15) is 28.9 Å². The topological polar surface area (TPSA) is 107 Å². The fourth-order valence-corrected chi connectivity index (χ4v) is 3.79. The Balaban J connectivity index is 1.73. The van der Waals surface area contributed by atoms with Gasteiger partial charge in [-0.05, 0) is 32.3 Å². The second kappa shape index (κ2) is 7.52. The molecule has 3 rings (SSSR count). The monoisotopic (exact) mass is 371 g/mol. The number of aromatic nitrogens is 2. The number of hydrogen-bond donors (Lipinski definition) is 3. The first-order valence-corrected chi connectivity index (χ1v) is 9.07. The Hall–Kier alpha value is -2.67. The van der Waals surface area contributed by atoms with Crippen LogP contribution < -0.4 is 0 Å². The van der Waals surface area contributed by atoms with Crippen molar-refractivity contribution in [2.24, 2.45) is 5.41 Å². The third-order valence-corrected chi connectivity index (χ3v) is 5.61. The summed E-state index contributed by atoms with van der Waals surface area (Å²) in [5, 5.41) is 27.5. The van der Waals surface area contributed by atoms with Gasteiger partial charge in [0.1, 0.15) is 5.41 Å². The molecule has 1 aliphatic heterocycles. The zero-order valence-corrected chi connectivity index (χ0v) is 15.6. The number of likely N-dealkylation sites (tertiary alicyclic amines) is 1. The van der Waals surface area contributed by atoms with Crippen LogP contribution >= 0.6 is 0 Å². The molecule has 2 heterocycles. The summed E-state index contributed by atoms with van der Waals surface area (Å²) in [4.78, 5) is 26.3. The molecule has 0 saturated carbocycles. The highest BCUT2D eigenvalue weighted by Crippen LogP contribution is 2.36. The fourth-order valence-electron chi connectivity index (χ4n) is 3.79. The second-order valence-electron chi connectivity index (χ2n) is 7.32. The predicted octanol–water partition coefficient (Wildman–Crippen LogP) is 1.48. The van der Waals surface area contributed by atoms with Gasteiger partial charge in [-0.2, -0.15) is 5.10 Å². The number of aromatic amines is 1. The van der Waals surface area contributed by atoms with E-state index in [1.807, 2.05) is 44.2 Å². The van der Waals surface area contributed by atoms with Crippen molar-refractivity contribution in [1.82, 2.24) is 15.1 Å². The maximum atomic E-state index is 12.7. The Kier molecular flexibility index (Phi) is 5.32. The molecule has 27 heavy (non-hydrogen) atoms. The number of nitrogens with one attached hydrogen (secondary N) is 1. The molecule has 7 nitrogen and oxygen atoms in total. The van der Waals surface area contributed by atoms with Crippen molar-refractivity contribution in [3.8, 4) is 0 Å². The number of piperidine rings is 1. The summed E-state index contributed by atoms with van der Waals surface area (Å²) in [7, 11) is 0. The molecular weight excluding hydrogens is 346 g/mol. The molecule has 1 amide bonds. The van der Waals surface area contributed by atoms with Crippen molar-refractivity contribution < 1.29 is 19.8 Å². The lowest BCUT2D eigenvalue weighted by atomic mass is 9.71. The average molecular weight is 371 g/mol. The van der Waals surface area contributed by atoms with Crippen LogP contribution in [-0.4, -0.2) is 56.4 Å². The Morgan fingerprint density at radius 3 is 2.56 bits per heavy atom. The lowest BCUT2D eigenvalue weighted by Crippen LogP contribution is -2.57. The summed E-state index contributed by atoms with van der Waals surface area (Å²) in [5.74, 6) is -1.15. The van der Waals surface area contributed by atoms with Gasteiger partial charge in [0.25, 0.3) is 0 Å². The summed E-state index contributed by atoms with van der Waals surface area (Å²) in [6.07, 6.45) is -0.473. The minimum atomic E-state index is -1.28. The van der Waals surface area contributed by atoms with E-state index in [0.717, 1.165) is 22.5 Å². The first kappa shape index (κ1) is 19.1. The van der Waals surface area contributed by atoms with Gasteiger partial charge < -0.3 is 15.1 Å². The fraction of sp³-hybridized carbons (Fsp3) is 0.450. The van der Waals surface area contributed by atoms with E-state index in [1.54, 1.807) is 4.90 Å². The summed E-state index contributed by atoms with van der Waals surface area (Å²) in [6, 6.07) is 9.30. The van der Waals surface area contributed by atoms with E-state index in [0.29, 0.717) is 6.54 Å². The molecule has 2 atom stereocenters. The van der Waals surface area contributed by atoms with Crippen molar-refractivity contribution in [3.63, 3.8) is 0 Å². The molecule has 3 N–H and O–H groups in total. The highest BCUT2D eigenvalue weighted by Gasteiger charge is 2.49. The van der Waals surface area contributed by atoms with Crippen LogP contribution in [0.15, 0.2) is 30.3 Å². The normalized spacial score (nSPS) is 22.6. The minimum Gasteiger partial charge on any atom is -0.481 e. The summed E-state index contributed by atoms with van der Waals surface area (Å²) >= 11 is 0. The maximum Gasteiger partial charge on any atom is 0.312 e. The van der Waals surface area contributed by atoms with Crippen LogP contribution in [0.5, 0.6) is 0 Å². The molecule has 7 heteroatoms. The van der Waals surface area contributed by atoms with Crippen LogP contribution in [0.2, 0.25) is 0 Å². The zero-order valence-electron chi connectivity index (χ0n) is 15.6. The van der Waals surface area contributed by atoms with Crippen molar-refractivity contribution in [1.29, 1.82) is 0 Å². The molecule has 0 spiro atoms. The third-order valence-electron chi connectivity index (χ3n) is 5.61. The number of aryl methyl sites for hydroxylation is 2. The zero-order chi connectivity index (χ0) is 19.6. The van der Waals surface area contributed by atoms with E-state index in [4.69, 9.17) is 0 Å². The number of benzene rings is 1. The van der Waals surface area contributed by atoms with Crippen LogP contribution in [0.3, 0.4) is 0 Å². The first-order chi connectivity index (χ1) is 12.8. The molecule has 1 unspecified atom stereocenters. The van der Waals surface area contributed by atoms with Crippen molar-refractivity contribution in [2.45, 2.75) is 39.2 Å². The Labute approximate surface area is 158 Å². The molecule has 2 aromatic rings. The number of aliphatic hydroxyl groups is 1. The lowest BCUT2D eigenvalue weighted by molar-refractivity contribution is -0.165. The van der Waals surface area contributed by atoms with Gasteiger partial charge in [-0.3, -0.25) is 14.7 Å². The molecule has 1 aliphatic rings. The number of aliphatic carboxylic acids is 1. The maximum absolute atomic E-state index is 12.7. The van der Waals surface area contributed by atoms with E-state index in [-0.39, 0.29) is 31.7 Å². The van der Waals surface area contributed by atoms with Crippen LogP contribution in [0, 0.1) is 19.3 Å². The molecule has 1 aromatic heterocycles. The minimum absolute atomic E-state index is 0.0217. The largest absolute Gasteiger partial charge is 0.481 e. The van der Waals surface area contributed by atoms with Gasteiger partial charge in [-0.1, -0.05) is 30.3 Å². The predicted molar refractivity (Wildman–Crippen MR) is 99.2 cm³/mol. The van der Waals surface area contributed by atoms with Gasteiger partial charge in [0.15, 0.2) is 0 Å². The summed E-state index contributed by atoms with van der Waals surface area (Å²) in [6.45, 7) is 4.04. The summed E-state index contributed by atoms with van der Waals surface area (Å²) < 4.78 is 0. The van der Waals surface area contributed by atoms with Crippen LogP contribution in [0.25, 0.3) is 0 Å². The Morgan fingerprint density at radius 1 is 1.30 bits per heavy atom. The SMILES string of the molecule is Cc1n[nH]c(C)c1CC(=O)N1CC[C@](Cc2ccccc2)(C(=O)O)C(O)C1. The van der Waals surface area contributed by atoms with Gasteiger partial charge in [-0.15, -0.1) is 0 Å². The Bertz CT molecular complexity index is 814. The number of carbonyl (C=O) groups is 2. The molecule has 1 fully saturated rings. The van der Waals surface area contributed by atoms with Crippen molar-refractivity contribution >= 4 is 11.9 Å². The lowest BCUT2D eigenvalue weighted by Gasteiger charge is -2.43. The van der Waals surface area contributed by atoms with E-state index in [2.05, 4.69) is 10.2 Å². The average Bonchev–Trinajstić information content (AvgIpc) is 2.96. The molecule has 0 bridgehead atoms. The van der Waals surface area contributed by atoms with Gasteiger partial charge in [0.05, 0.1) is 18.2 Å². The number of H-pyrrole nitrogens is 1. The molecular formula is C20H25N3O4. The highest BCUT2D eigenvalue weighted by molar-refractivity contribution is 5.81. The number of rotatable bonds is 5. The van der Waals surface area contributed by atoms with E-state index in [1.165, 1.54) is 0 Å². The summed E-state index contributed by atoms with van der Waals surface area (Å²) in [5.41, 5.74) is 2.07. The first-order valence-electron chi connectivity index (χ1n) is 9.07. The van der Waals surface area contributed by atoms with E-state index < -0.39 is 17.5 Å². The molecule has 0 aliphatic carbocycles. The van der Waals surface area contributed by atoms with Crippen LogP contribution in [0.4, 0.5) is 0 Å². The number of amides is 1. The molecule has 1 aromatic carbocycles. The number of β-amino-alcohol motifs (C(OH)–C–C–N with tert-alkyl or cyclic N) is 1. The molecule has 0 radical (unpaired) electrons. The smallest absolute Gasteiger partial charge is 0.312 e. The van der Waals surface area contributed by atoms with Gasteiger partial charge in [-0.25, -0.2) is 0 Å². The van der Waals surface area contributed by atoms with Gasteiger partial charge >= 0.3 is 5.97 Å². The van der Waals surface area contributed by atoms with Gasteiger partial charge in [0, 0.05) is 24.3 Å². The number of carbonyl (C=O) groups excluding carboxylic acids is 1. The van der Waals surface area contributed by atoms with Crippen molar-refractivity contribution in [3.05, 3.63) is 52.8 Å². The van der Waals surface area contributed by atoms with E-state index >= 15 is 0 Å². The second-order valence-corrected chi connectivity index (χ2v) is 7.32. The number of hydrogen-bond acceptors (Lipinski definition) is 4. The third kappa shape index (κ3) is 3.73. The van der Waals surface area contributed by atoms with E-state index in [9.17, 15) is 19.8 Å². The molecule has 144 valence electrons. The quantitative estimate of drug-likeness (QED) is 0.738. The highest BCUT2D eigenvalue weighted by atomic mass is 16.4. The number of aliphatic hydroxyl groups excluding tert-OH is 1. The van der Waals surface area contributed by atoms with Gasteiger partial charge in [0.2, 0.25) is 5.91 Å². The standard InChI is InChI=1S/C20H25N3O4/c1-13-16(14(2)22-21-13)10-18(25)23-9-8-20(19(26)27,17(24)12-23)11-15-6-4-3-5-7-15/h3-7,17,24H,8-12H2,1-2H3,(H,21,22)(H,26,27)/t17?,20-/m1/s1. The van der Waals surface area contributed by atoms with Crippen LogP contribution in [-0.2, 0) is 22.4 Å². The van der Waals surface area contributed by atoms with Crippen molar-refractivity contribution in [2.75, 3.05) is 13.1 Å². The molecule has 1 saturated heterocycles. The Morgan fingerprint density at radius 2 is 2.00 bits per heavy atom. The number of carboxylic acids is 1. The number of carboxylic acid groups (broad SMARTS) is 1.